The van der Waals surface area contributed by atoms with Crippen molar-refractivity contribution >= 4 is 11.8 Å². The maximum atomic E-state index is 4.01. The highest BCUT2D eigenvalue weighted by Gasteiger charge is 2.03. The fraction of sp³-hybridized carbons (Fsp3) is 0.583. The molecule has 0 bridgehead atoms. The van der Waals surface area contributed by atoms with E-state index in [1.807, 2.05) is 24.2 Å². The summed E-state index contributed by atoms with van der Waals surface area (Å²) in [5.41, 5.74) is 0. The van der Waals surface area contributed by atoms with Crippen molar-refractivity contribution in [2.75, 3.05) is 12.3 Å². The molecule has 0 aliphatic rings. The number of aromatic nitrogens is 1. The third-order valence-electron chi connectivity index (χ3n) is 2.06. The Morgan fingerprint density at radius 3 is 2.53 bits per heavy atom. The first kappa shape index (κ1) is 12.5. The molecule has 15 heavy (non-hydrogen) atoms. The molecule has 1 aromatic rings. The largest absolute Gasteiger partial charge is 0.314 e. The van der Waals surface area contributed by atoms with Crippen LogP contribution < -0.4 is 5.32 Å². The Balaban J connectivity index is 2.19. The van der Waals surface area contributed by atoms with Gasteiger partial charge in [-0.15, -0.1) is 11.8 Å². The van der Waals surface area contributed by atoms with Gasteiger partial charge in [0.15, 0.2) is 0 Å². The number of hydrogen-bond acceptors (Lipinski definition) is 3. The van der Waals surface area contributed by atoms with Crippen molar-refractivity contribution < 1.29 is 0 Å². The molecule has 0 aliphatic heterocycles. The van der Waals surface area contributed by atoms with Crippen LogP contribution in [0.15, 0.2) is 29.4 Å². The van der Waals surface area contributed by atoms with E-state index in [2.05, 4.69) is 43.2 Å². The molecule has 0 fully saturated rings. The predicted molar refractivity (Wildman–Crippen MR) is 67.3 cm³/mol. The highest BCUT2D eigenvalue weighted by atomic mass is 32.2. The minimum atomic E-state index is 0.582. The average Bonchev–Trinajstić information content (AvgIpc) is 2.25. The highest BCUT2D eigenvalue weighted by molar-refractivity contribution is 7.99. The minimum absolute atomic E-state index is 0.582. The van der Waals surface area contributed by atoms with Crippen LogP contribution in [0.3, 0.4) is 0 Å². The molecule has 2 nitrogen and oxygen atoms in total. The zero-order valence-corrected chi connectivity index (χ0v) is 10.6. The van der Waals surface area contributed by atoms with Gasteiger partial charge in [0.25, 0.3) is 0 Å². The van der Waals surface area contributed by atoms with Gasteiger partial charge in [-0.2, -0.15) is 0 Å². The highest BCUT2D eigenvalue weighted by Crippen LogP contribution is 2.19. The summed E-state index contributed by atoms with van der Waals surface area (Å²) in [5, 5.41) is 3.46. The minimum Gasteiger partial charge on any atom is -0.314 e. The van der Waals surface area contributed by atoms with Gasteiger partial charge in [-0.05, 0) is 24.6 Å². The summed E-state index contributed by atoms with van der Waals surface area (Å²) in [5.74, 6) is 1.86. The predicted octanol–water partition coefficient (Wildman–Crippen LogP) is 2.81. The maximum absolute atomic E-state index is 4.01. The van der Waals surface area contributed by atoms with E-state index < -0.39 is 0 Å². The molecule has 0 aromatic carbocycles. The monoisotopic (exact) mass is 224 g/mol. The van der Waals surface area contributed by atoms with Gasteiger partial charge in [-0.1, -0.05) is 20.8 Å². The molecule has 0 saturated carbocycles. The van der Waals surface area contributed by atoms with Gasteiger partial charge in [0.05, 0.1) is 0 Å². The number of thioether (sulfide) groups is 1. The summed E-state index contributed by atoms with van der Waals surface area (Å²) in [6.45, 7) is 7.74. The molecular weight excluding hydrogens is 204 g/mol. The Morgan fingerprint density at radius 2 is 1.93 bits per heavy atom. The molecule has 1 aromatic heterocycles. The van der Waals surface area contributed by atoms with E-state index in [9.17, 15) is 0 Å². The van der Waals surface area contributed by atoms with E-state index in [0.29, 0.717) is 12.0 Å². The zero-order chi connectivity index (χ0) is 11.1. The van der Waals surface area contributed by atoms with Gasteiger partial charge in [0.2, 0.25) is 0 Å². The lowest BCUT2D eigenvalue weighted by Gasteiger charge is -2.14. The van der Waals surface area contributed by atoms with Crippen LogP contribution in [0.2, 0.25) is 0 Å². The molecule has 0 radical (unpaired) electrons. The van der Waals surface area contributed by atoms with Gasteiger partial charge in [-0.3, -0.25) is 4.98 Å². The van der Waals surface area contributed by atoms with E-state index in [-0.39, 0.29) is 0 Å². The molecule has 1 N–H and O–H groups in total. The van der Waals surface area contributed by atoms with Crippen LogP contribution in [0.5, 0.6) is 0 Å². The fourth-order valence-electron chi connectivity index (χ4n) is 1.17. The van der Waals surface area contributed by atoms with Gasteiger partial charge < -0.3 is 5.32 Å². The third-order valence-corrected chi connectivity index (χ3v) is 3.40. The smallest absolute Gasteiger partial charge is 0.0278 e. The van der Waals surface area contributed by atoms with Crippen molar-refractivity contribution in [3.8, 4) is 0 Å². The van der Waals surface area contributed by atoms with E-state index in [1.54, 1.807) is 0 Å². The van der Waals surface area contributed by atoms with Crippen LogP contribution in [0.1, 0.15) is 20.8 Å². The zero-order valence-electron chi connectivity index (χ0n) is 9.73. The second kappa shape index (κ2) is 6.85. The fourth-order valence-corrected chi connectivity index (χ4v) is 2.08. The molecular formula is C12H20N2S. The first-order valence-corrected chi connectivity index (χ1v) is 6.43. The van der Waals surface area contributed by atoms with Gasteiger partial charge >= 0.3 is 0 Å². The van der Waals surface area contributed by atoms with Crippen molar-refractivity contribution in [3.05, 3.63) is 24.5 Å². The molecule has 1 unspecified atom stereocenters. The van der Waals surface area contributed by atoms with Crippen LogP contribution in [0.4, 0.5) is 0 Å². The van der Waals surface area contributed by atoms with E-state index in [1.165, 1.54) is 4.90 Å². The van der Waals surface area contributed by atoms with Crippen molar-refractivity contribution in [1.29, 1.82) is 0 Å². The Labute approximate surface area is 96.9 Å². The Hall–Kier alpha value is -0.540. The maximum Gasteiger partial charge on any atom is 0.0278 e. The SMILES string of the molecule is CC(CNC(C)C)CSc1ccncc1. The summed E-state index contributed by atoms with van der Waals surface area (Å²) in [6.07, 6.45) is 3.69. The summed E-state index contributed by atoms with van der Waals surface area (Å²) < 4.78 is 0. The first-order valence-electron chi connectivity index (χ1n) is 5.44. The standard InChI is InChI=1S/C12H20N2S/c1-10(2)14-8-11(3)9-15-12-4-6-13-7-5-12/h4-7,10-11,14H,8-9H2,1-3H3. The topological polar surface area (TPSA) is 24.9 Å². The normalized spacial score (nSPS) is 13.1. The number of hydrogen-bond donors (Lipinski definition) is 1. The Kier molecular flexibility index (Phi) is 5.73. The van der Waals surface area contributed by atoms with E-state index in [4.69, 9.17) is 0 Å². The molecule has 1 atom stereocenters. The van der Waals surface area contributed by atoms with Crippen molar-refractivity contribution in [1.82, 2.24) is 10.3 Å². The van der Waals surface area contributed by atoms with Crippen molar-refractivity contribution in [3.63, 3.8) is 0 Å². The molecule has 1 rings (SSSR count). The van der Waals surface area contributed by atoms with Crippen LogP contribution in [0, 0.1) is 5.92 Å². The second-order valence-corrected chi connectivity index (χ2v) is 5.26. The first-order chi connectivity index (χ1) is 7.18. The molecule has 1 heterocycles. The molecule has 0 aliphatic carbocycles. The number of nitrogens with one attached hydrogen (secondary N) is 1. The van der Waals surface area contributed by atoms with E-state index in [0.717, 1.165) is 12.3 Å². The summed E-state index contributed by atoms with van der Waals surface area (Å²) in [6, 6.07) is 4.71. The van der Waals surface area contributed by atoms with Crippen LogP contribution in [0.25, 0.3) is 0 Å². The molecule has 3 heteroatoms. The Morgan fingerprint density at radius 1 is 1.27 bits per heavy atom. The van der Waals surface area contributed by atoms with Crippen LogP contribution >= 0.6 is 11.8 Å². The number of rotatable bonds is 6. The van der Waals surface area contributed by atoms with E-state index >= 15 is 0 Å². The van der Waals surface area contributed by atoms with Crippen molar-refractivity contribution in [2.24, 2.45) is 5.92 Å². The number of pyridine rings is 1. The molecule has 0 saturated heterocycles. The average molecular weight is 224 g/mol. The van der Waals surface area contributed by atoms with Gasteiger partial charge in [0, 0.05) is 29.1 Å². The lowest BCUT2D eigenvalue weighted by molar-refractivity contribution is 0.510. The summed E-state index contributed by atoms with van der Waals surface area (Å²) >= 11 is 1.90. The second-order valence-electron chi connectivity index (χ2n) is 4.16. The molecule has 0 amide bonds. The molecule has 0 spiro atoms. The molecule has 84 valence electrons. The van der Waals surface area contributed by atoms with Crippen LogP contribution in [-0.2, 0) is 0 Å². The summed E-state index contributed by atoms with van der Waals surface area (Å²) in [4.78, 5) is 5.31. The quantitative estimate of drug-likeness (QED) is 0.752. The van der Waals surface area contributed by atoms with Crippen molar-refractivity contribution in [2.45, 2.75) is 31.7 Å². The van der Waals surface area contributed by atoms with Crippen LogP contribution in [-0.4, -0.2) is 23.3 Å². The van der Waals surface area contributed by atoms with Gasteiger partial charge in [-0.25, -0.2) is 0 Å². The third kappa shape index (κ3) is 5.80. The lowest BCUT2D eigenvalue weighted by Crippen LogP contribution is -2.28. The Bertz CT molecular complexity index is 262. The number of nitrogens with zero attached hydrogens (tertiary/aromatic N) is 1. The summed E-state index contributed by atoms with van der Waals surface area (Å²) in [7, 11) is 0. The van der Waals surface area contributed by atoms with Gasteiger partial charge in [0.1, 0.15) is 0 Å². The lowest BCUT2D eigenvalue weighted by atomic mass is 10.2.